The summed E-state index contributed by atoms with van der Waals surface area (Å²) >= 11 is 0. The minimum absolute atomic E-state index is 0. The molecule has 1 heterocycles. The molecule has 1 N–H and O–H groups in total. The number of carbonyl (C=O) groups is 1. The third-order valence-corrected chi connectivity index (χ3v) is 6.05. The number of ether oxygens (including phenoxy) is 2. The first-order chi connectivity index (χ1) is 14.1. The van der Waals surface area contributed by atoms with Crippen LogP contribution in [-0.4, -0.2) is 12.7 Å². The van der Waals surface area contributed by atoms with Gasteiger partial charge in [0.1, 0.15) is 0 Å². The van der Waals surface area contributed by atoms with Gasteiger partial charge < -0.3 is 14.8 Å². The van der Waals surface area contributed by atoms with E-state index in [1.165, 1.54) is 11.1 Å². The van der Waals surface area contributed by atoms with Crippen LogP contribution in [0.25, 0.3) is 11.1 Å². The van der Waals surface area contributed by atoms with Crippen molar-refractivity contribution < 1.29 is 15.7 Å². The topological polar surface area (TPSA) is 47.6 Å². The van der Waals surface area contributed by atoms with E-state index in [1.54, 1.807) is 0 Å². The zero-order valence-corrected chi connectivity index (χ0v) is 16.6. The number of rotatable bonds is 4. The molecule has 148 valence electrons. The number of hydrogen-bond acceptors (Lipinski definition) is 3. The lowest BCUT2D eigenvalue weighted by Gasteiger charge is -2.18. The van der Waals surface area contributed by atoms with Gasteiger partial charge in [0.2, 0.25) is 12.7 Å². The molecule has 0 aromatic heterocycles. The smallest absolute Gasteiger partial charge is 0.235 e. The monoisotopic (exact) mass is 387 g/mol. The molecule has 4 heteroatoms. The Kier molecular flexibility index (Phi) is 4.09. The SMILES string of the molecule is Cc1ccc(-c2ccccc2C)cc1NC(=O)C1(c2ccc3c(c2)OCO3)CC1.[HH]. The van der Waals surface area contributed by atoms with Crippen molar-refractivity contribution in [1.82, 2.24) is 0 Å². The summed E-state index contributed by atoms with van der Waals surface area (Å²) in [5, 5.41) is 3.20. The lowest BCUT2D eigenvalue weighted by molar-refractivity contribution is -0.118. The molecule has 3 aromatic carbocycles. The van der Waals surface area contributed by atoms with Crippen LogP contribution in [0.1, 0.15) is 31.0 Å². The van der Waals surface area contributed by atoms with E-state index in [0.717, 1.165) is 46.7 Å². The van der Waals surface area contributed by atoms with E-state index in [2.05, 4.69) is 42.6 Å². The number of nitrogens with one attached hydrogen (secondary N) is 1. The fourth-order valence-corrected chi connectivity index (χ4v) is 4.03. The third-order valence-electron chi connectivity index (χ3n) is 6.05. The highest BCUT2D eigenvalue weighted by atomic mass is 16.7. The van der Waals surface area contributed by atoms with Crippen LogP contribution in [-0.2, 0) is 10.2 Å². The Bertz CT molecular complexity index is 1120. The summed E-state index contributed by atoms with van der Waals surface area (Å²) in [6, 6.07) is 20.4. The standard InChI is InChI=1S/C25H23NO3.H2/c1-16-5-3-4-6-20(16)18-8-7-17(2)21(13-18)26-24(27)25(11-12-25)19-9-10-22-23(14-19)29-15-28-22;/h3-10,13-14H,11-12,15H2,1-2H3,(H,26,27);1H. The van der Waals surface area contributed by atoms with Gasteiger partial charge >= 0.3 is 0 Å². The second-order valence-electron chi connectivity index (χ2n) is 7.95. The van der Waals surface area contributed by atoms with Gasteiger partial charge in [-0.1, -0.05) is 42.5 Å². The number of aryl methyl sites for hydroxylation is 2. The van der Waals surface area contributed by atoms with Crippen molar-refractivity contribution in [2.45, 2.75) is 32.1 Å². The minimum Gasteiger partial charge on any atom is -0.454 e. The fourth-order valence-electron chi connectivity index (χ4n) is 4.03. The average Bonchev–Trinajstić information content (AvgIpc) is 3.41. The molecule has 29 heavy (non-hydrogen) atoms. The van der Waals surface area contributed by atoms with Gasteiger partial charge in [0.05, 0.1) is 5.41 Å². The fraction of sp³-hybridized carbons (Fsp3) is 0.240. The average molecular weight is 387 g/mol. The van der Waals surface area contributed by atoms with Crippen LogP contribution in [0.5, 0.6) is 11.5 Å². The molecule has 1 saturated carbocycles. The van der Waals surface area contributed by atoms with Gasteiger partial charge in [-0.3, -0.25) is 4.79 Å². The second-order valence-corrected chi connectivity index (χ2v) is 7.95. The van der Waals surface area contributed by atoms with E-state index in [9.17, 15) is 4.79 Å². The number of anilines is 1. The number of carbonyl (C=O) groups excluding carboxylic acids is 1. The maximum Gasteiger partial charge on any atom is 0.235 e. The molecule has 1 amide bonds. The number of amides is 1. The summed E-state index contributed by atoms with van der Waals surface area (Å²) in [6.07, 6.45) is 1.68. The molecular weight excluding hydrogens is 362 g/mol. The van der Waals surface area contributed by atoms with Gasteiger partial charge in [-0.25, -0.2) is 0 Å². The largest absolute Gasteiger partial charge is 0.454 e. The van der Waals surface area contributed by atoms with E-state index in [-0.39, 0.29) is 14.1 Å². The van der Waals surface area contributed by atoms with Crippen LogP contribution in [0, 0.1) is 13.8 Å². The van der Waals surface area contributed by atoms with Crippen LogP contribution < -0.4 is 14.8 Å². The summed E-state index contributed by atoms with van der Waals surface area (Å²) in [4.78, 5) is 13.3. The molecule has 1 aliphatic carbocycles. The molecular formula is C25H25NO3. The van der Waals surface area contributed by atoms with Crippen molar-refractivity contribution in [3.05, 3.63) is 77.4 Å². The lowest BCUT2D eigenvalue weighted by Crippen LogP contribution is -2.28. The number of benzene rings is 3. The quantitative estimate of drug-likeness (QED) is 0.632. The molecule has 0 spiro atoms. The first-order valence-corrected chi connectivity index (χ1v) is 9.95. The normalized spacial score (nSPS) is 15.8. The van der Waals surface area contributed by atoms with E-state index >= 15 is 0 Å². The molecule has 0 saturated heterocycles. The lowest BCUT2D eigenvalue weighted by atomic mass is 9.94. The van der Waals surface area contributed by atoms with Crippen molar-refractivity contribution in [2.24, 2.45) is 0 Å². The maximum absolute atomic E-state index is 13.3. The van der Waals surface area contributed by atoms with Crippen molar-refractivity contribution in [1.29, 1.82) is 0 Å². The molecule has 3 aromatic rings. The summed E-state index contributed by atoms with van der Waals surface area (Å²) in [5.41, 5.74) is 5.93. The van der Waals surface area contributed by atoms with Crippen LogP contribution >= 0.6 is 0 Å². The molecule has 0 unspecified atom stereocenters. The predicted molar refractivity (Wildman–Crippen MR) is 116 cm³/mol. The van der Waals surface area contributed by atoms with Crippen LogP contribution in [0.15, 0.2) is 60.7 Å². The Morgan fingerprint density at radius 3 is 2.52 bits per heavy atom. The molecule has 1 fully saturated rings. The van der Waals surface area contributed by atoms with E-state index in [1.807, 2.05) is 37.3 Å². The van der Waals surface area contributed by atoms with Gasteiger partial charge in [0.25, 0.3) is 0 Å². The van der Waals surface area contributed by atoms with Crippen molar-refractivity contribution in [3.8, 4) is 22.6 Å². The first-order valence-electron chi connectivity index (χ1n) is 9.95. The predicted octanol–water partition coefficient (Wildman–Crippen LogP) is 5.62. The van der Waals surface area contributed by atoms with E-state index in [0.29, 0.717) is 0 Å². The summed E-state index contributed by atoms with van der Waals surface area (Å²) in [5.74, 6) is 1.51. The van der Waals surface area contributed by atoms with Crippen molar-refractivity contribution in [2.75, 3.05) is 12.1 Å². The Hall–Kier alpha value is -3.27. The Labute approximate surface area is 172 Å². The third kappa shape index (κ3) is 3.05. The maximum atomic E-state index is 13.3. The van der Waals surface area contributed by atoms with Crippen molar-refractivity contribution in [3.63, 3.8) is 0 Å². The summed E-state index contributed by atoms with van der Waals surface area (Å²) in [7, 11) is 0. The molecule has 5 rings (SSSR count). The molecule has 1 aliphatic heterocycles. The van der Waals surface area contributed by atoms with Crippen molar-refractivity contribution >= 4 is 11.6 Å². The molecule has 0 radical (unpaired) electrons. The molecule has 0 atom stereocenters. The van der Waals surface area contributed by atoms with Gasteiger partial charge in [0, 0.05) is 7.11 Å². The number of fused-ring (bicyclic) bond motifs is 1. The zero-order chi connectivity index (χ0) is 20.0. The highest BCUT2D eigenvalue weighted by Gasteiger charge is 2.51. The minimum atomic E-state index is -0.480. The Morgan fingerprint density at radius 2 is 1.72 bits per heavy atom. The second kappa shape index (κ2) is 6.66. The molecule has 0 bridgehead atoms. The van der Waals surface area contributed by atoms with Crippen LogP contribution in [0.3, 0.4) is 0 Å². The van der Waals surface area contributed by atoms with Gasteiger partial charge in [-0.2, -0.15) is 0 Å². The van der Waals surface area contributed by atoms with E-state index < -0.39 is 5.41 Å². The highest BCUT2D eigenvalue weighted by Crippen LogP contribution is 2.51. The number of hydrogen-bond donors (Lipinski definition) is 1. The molecule has 4 nitrogen and oxygen atoms in total. The van der Waals surface area contributed by atoms with Gasteiger partial charge in [0.15, 0.2) is 11.5 Å². The highest BCUT2D eigenvalue weighted by molar-refractivity contribution is 6.02. The Balaban J connectivity index is 0.00000218. The van der Waals surface area contributed by atoms with Crippen LogP contribution in [0.2, 0.25) is 0 Å². The molecule has 2 aliphatic rings. The summed E-state index contributed by atoms with van der Waals surface area (Å²) < 4.78 is 10.9. The van der Waals surface area contributed by atoms with Crippen LogP contribution in [0.4, 0.5) is 5.69 Å². The first kappa shape index (κ1) is 17.8. The van der Waals surface area contributed by atoms with Gasteiger partial charge in [-0.05, 0) is 72.7 Å². The Morgan fingerprint density at radius 1 is 0.931 bits per heavy atom. The van der Waals surface area contributed by atoms with Gasteiger partial charge in [-0.15, -0.1) is 0 Å². The zero-order valence-electron chi connectivity index (χ0n) is 16.6. The van der Waals surface area contributed by atoms with E-state index in [4.69, 9.17) is 9.47 Å². The summed E-state index contributed by atoms with van der Waals surface area (Å²) in [6.45, 7) is 4.37.